The fraction of sp³-hybridized carbons (Fsp3) is 0.364. The van der Waals surface area contributed by atoms with Gasteiger partial charge in [-0.25, -0.2) is 0 Å². The van der Waals surface area contributed by atoms with Crippen molar-refractivity contribution in [3.05, 3.63) is 29.8 Å². The maximum Gasteiger partial charge on any atom is 0.427 e. The molecule has 0 unspecified atom stereocenters. The highest BCUT2D eigenvalue weighted by molar-refractivity contribution is 5.34. The first-order valence-electron chi connectivity index (χ1n) is 4.52. The summed E-state index contributed by atoms with van der Waals surface area (Å²) in [6, 6.07) is 7.36. The van der Waals surface area contributed by atoms with Gasteiger partial charge in [-0.2, -0.15) is 18.4 Å². The first kappa shape index (κ1) is 12.4. The van der Waals surface area contributed by atoms with Crippen LogP contribution in [0.15, 0.2) is 24.3 Å². The van der Waals surface area contributed by atoms with Gasteiger partial charge in [-0.1, -0.05) is 0 Å². The molecule has 0 saturated carbocycles. The highest BCUT2D eigenvalue weighted by Gasteiger charge is 2.49. The first-order valence-corrected chi connectivity index (χ1v) is 4.52. The molecule has 0 spiro atoms. The molecule has 0 saturated heterocycles. The minimum Gasteiger partial charge on any atom is -0.478 e. The van der Waals surface area contributed by atoms with Crippen molar-refractivity contribution in [2.24, 2.45) is 0 Å². The van der Waals surface area contributed by atoms with Crippen molar-refractivity contribution in [1.82, 2.24) is 0 Å². The van der Waals surface area contributed by atoms with E-state index in [-0.39, 0.29) is 5.75 Å². The van der Waals surface area contributed by atoms with Gasteiger partial charge in [-0.15, -0.1) is 0 Å². The number of alkyl halides is 3. The van der Waals surface area contributed by atoms with Crippen LogP contribution in [-0.2, 0) is 0 Å². The minimum atomic E-state index is -4.44. The number of halogens is 3. The van der Waals surface area contributed by atoms with Gasteiger partial charge in [0.1, 0.15) is 5.75 Å². The molecule has 0 heterocycles. The summed E-state index contributed by atoms with van der Waals surface area (Å²) in [4.78, 5) is 0. The van der Waals surface area contributed by atoms with Crippen LogP contribution in [0.25, 0.3) is 0 Å². The first-order chi connectivity index (χ1) is 7.26. The molecule has 86 valence electrons. The lowest BCUT2D eigenvalue weighted by atomic mass is 10.1. The fourth-order valence-electron chi connectivity index (χ4n) is 0.950. The lowest BCUT2D eigenvalue weighted by molar-refractivity contribution is -0.234. The predicted molar refractivity (Wildman–Crippen MR) is 51.9 cm³/mol. The summed E-state index contributed by atoms with van der Waals surface area (Å²) < 4.78 is 42.3. The molecular weight excluding hydrogens is 219 g/mol. The van der Waals surface area contributed by atoms with E-state index in [9.17, 15) is 13.2 Å². The highest BCUT2D eigenvalue weighted by atomic mass is 19.4. The summed E-state index contributed by atoms with van der Waals surface area (Å²) in [6.45, 7) is 1.90. The van der Waals surface area contributed by atoms with E-state index in [1.165, 1.54) is 24.3 Å². The van der Waals surface area contributed by atoms with Crippen molar-refractivity contribution >= 4 is 0 Å². The number of nitrogens with zero attached hydrogens (tertiary/aromatic N) is 1. The van der Waals surface area contributed by atoms with Crippen molar-refractivity contribution in [2.75, 3.05) is 0 Å². The van der Waals surface area contributed by atoms with Crippen LogP contribution in [0.2, 0.25) is 0 Å². The molecule has 0 bridgehead atoms. The molecule has 1 rings (SSSR count). The van der Waals surface area contributed by atoms with Crippen LogP contribution >= 0.6 is 0 Å². The number of nitriles is 1. The van der Waals surface area contributed by atoms with E-state index in [0.717, 1.165) is 13.8 Å². The molecule has 0 aliphatic carbocycles. The van der Waals surface area contributed by atoms with Gasteiger partial charge < -0.3 is 4.74 Å². The zero-order chi connectivity index (χ0) is 12.4. The maximum atomic E-state index is 12.5. The number of hydrogen-bond donors (Lipinski definition) is 0. The van der Waals surface area contributed by atoms with Crippen molar-refractivity contribution < 1.29 is 17.9 Å². The Bertz CT molecular complexity index is 401. The van der Waals surface area contributed by atoms with E-state index in [4.69, 9.17) is 10.00 Å². The van der Waals surface area contributed by atoms with Crippen LogP contribution in [0, 0.1) is 11.3 Å². The van der Waals surface area contributed by atoms with Crippen LogP contribution in [0.1, 0.15) is 19.4 Å². The van der Waals surface area contributed by atoms with Gasteiger partial charge in [0, 0.05) is 0 Å². The smallest absolute Gasteiger partial charge is 0.427 e. The van der Waals surface area contributed by atoms with Gasteiger partial charge in [0.15, 0.2) is 5.60 Å². The van der Waals surface area contributed by atoms with E-state index < -0.39 is 11.8 Å². The topological polar surface area (TPSA) is 33.0 Å². The molecule has 1 aromatic rings. The molecule has 0 radical (unpaired) electrons. The molecule has 0 aromatic heterocycles. The highest BCUT2D eigenvalue weighted by Crippen LogP contribution is 2.34. The summed E-state index contributed by atoms with van der Waals surface area (Å²) in [5.41, 5.74) is -1.88. The summed E-state index contributed by atoms with van der Waals surface area (Å²) in [7, 11) is 0. The normalized spacial score (nSPS) is 12.0. The molecule has 0 amide bonds. The molecule has 16 heavy (non-hydrogen) atoms. The van der Waals surface area contributed by atoms with Gasteiger partial charge in [0.05, 0.1) is 11.6 Å². The second kappa shape index (κ2) is 4.05. The number of hydrogen-bond acceptors (Lipinski definition) is 2. The van der Waals surface area contributed by atoms with E-state index >= 15 is 0 Å². The molecular formula is C11H10F3NO. The molecule has 2 nitrogen and oxygen atoms in total. The Morgan fingerprint density at radius 2 is 1.62 bits per heavy atom. The van der Waals surface area contributed by atoms with Gasteiger partial charge in [0.2, 0.25) is 0 Å². The molecule has 0 N–H and O–H groups in total. The van der Waals surface area contributed by atoms with Crippen LogP contribution in [0.5, 0.6) is 5.75 Å². The van der Waals surface area contributed by atoms with Gasteiger partial charge in [0.25, 0.3) is 0 Å². The van der Waals surface area contributed by atoms with E-state index in [2.05, 4.69) is 0 Å². The molecule has 5 heteroatoms. The average Bonchev–Trinajstić information content (AvgIpc) is 2.16. The molecule has 1 aromatic carbocycles. The van der Waals surface area contributed by atoms with Crippen molar-refractivity contribution in [1.29, 1.82) is 5.26 Å². The predicted octanol–water partition coefficient (Wildman–Crippen LogP) is 3.28. The maximum absolute atomic E-state index is 12.5. The third-order valence-corrected chi connectivity index (χ3v) is 2.04. The van der Waals surface area contributed by atoms with Gasteiger partial charge in [-0.05, 0) is 38.1 Å². The quantitative estimate of drug-likeness (QED) is 0.779. The Morgan fingerprint density at radius 3 is 2.00 bits per heavy atom. The zero-order valence-electron chi connectivity index (χ0n) is 8.80. The largest absolute Gasteiger partial charge is 0.478 e. The summed E-state index contributed by atoms with van der Waals surface area (Å²) in [6.07, 6.45) is -4.44. The Morgan fingerprint density at radius 1 is 1.12 bits per heavy atom. The summed E-state index contributed by atoms with van der Waals surface area (Å²) in [5.74, 6) is 0.0846. The van der Waals surface area contributed by atoms with E-state index in [1.54, 1.807) is 0 Å². The Hall–Kier alpha value is -1.70. The molecule has 0 fully saturated rings. The third-order valence-electron chi connectivity index (χ3n) is 2.04. The van der Waals surface area contributed by atoms with E-state index in [1.807, 2.05) is 6.07 Å². The standard InChI is InChI=1S/C11H10F3NO/c1-10(2,11(12,13)14)16-9-5-3-8(7-15)4-6-9/h3-6H,1-2H3. The van der Waals surface area contributed by atoms with E-state index in [0.29, 0.717) is 5.56 Å². The summed E-state index contributed by atoms with van der Waals surface area (Å²) in [5, 5.41) is 8.52. The van der Waals surface area contributed by atoms with Crippen molar-refractivity contribution in [3.8, 4) is 11.8 Å². The van der Waals surface area contributed by atoms with Crippen LogP contribution in [-0.4, -0.2) is 11.8 Å². The van der Waals surface area contributed by atoms with Crippen LogP contribution < -0.4 is 4.74 Å². The number of benzene rings is 1. The number of ether oxygens (including phenoxy) is 1. The molecule has 0 aliphatic heterocycles. The Kier molecular flexibility index (Phi) is 3.13. The lowest BCUT2D eigenvalue weighted by Gasteiger charge is -2.28. The number of rotatable bonds is 2. The van der Waals surface area contributed by atoms with Gasteiger partial charge in [-0.3, -0.25) is 0 Å². The minimum absolute atomic E-state index is 0.0846. The SMILES string of the molecule is CC(C)(Oc1ccc(C#N)cc1)C(F)(F)F. The Balaban J connectivity index is 2.85. The second-order valence-corrected chi connectivity index (χ2v) is 3.75. The van der Waals surface area contributed by atoms with Crippen LogP contribution in [0.4, 0.5) is 13.2 Å². The zero-order valence-corrected chi connectivity index (χ0v) is 8.80. The van der Waals surface area contributed by atoms with Crippen LogP contribution in [0.3, 0.4) is 0 Å². The van der Waals surface area contributed by atoms with Gasteiger partial charge >= 0.3 is 6.18 Å². The average molecular weight is 229 g/mol. The molecule has 0 atom stereocenters. The Labute approximate surface area is 91.3 Å². The lowest BCUT2D eigenvalue weighted by Crippen LogP contribution is -2.44. The molecule has 0 aliphatic rings. The third kappa shape index (κ3) is 2.66. The van der Waals surface area contributed by atoms with Crippen molar-refractivity contribution in [3.63, 3.8) is 0 Å². The summed E-state index contributed by atoms with van der Waals surface area (Å²) >= 11 is 0. The monoisotopic (exact) mass is 229 g/mol. The fourth-order valence-corrected chi connectivity index (χ4v) is 0.950. The van der Waals surface area contributed by atoms with Crippen molar-refractivity contribution in [2.45, 2.75) is 25.6 Å². The second-order valence-electron chi connectivity index (χ2n) is 3.75.